The molecule has 0 atom stereocenters. The predicted octanol–water partition coefficient (Wildman–Crippen LogP) is 3.72. The number of urea groups is 1. The lowest BCUT2D eigenvalue weighted by atomic mass is 10.1. The number of nitrogens with zero attached hydrogens (tertiary/aromatic N) is 2. The SMILES string of the molecule is O=C(Nc1cccnc1)Nc1cccc(N2CCCCC2)c1. The largest absolute Gasteiger partial charge is 0.371 e. The first-order valence-electron chi connectivity index (χ1n) is 7.64. The molecule has 5 nitrogen and oxygen atoms in total. The van der Waals surface area contributed by atoms with E-state index in [2.05, 4.69) is 26.6 Å². The van der Waals surface area contributed by atoms with Crippen LogP contribution in [0.3, 0.4) is 0 Å². The van der Waals surface area contributed by atoms with Gasteiger partial charge in [-0.25, -0.2) is 4.79 Å². The van der Waals surface area contributed by atoms with Crippen molar-refractivity contribution in [3.8, 4) is 0 Å². The fourth-order valence-electron chi connectivity index (χ4n) is 2.66. The van der Waals surface area contributed by atoms with Crippen molar-refractivity contribution in [2.75, 3.05) is 28.6 Å². The van der Waals surface area contributed by atoms with Crippen molar-refractivity contribution in [3.05, 3.63) is 48.8 Å². The number of benzene rings is 1. The molecule has 114 valence electrons. The Hall–Kier alpha value is -2.56. The molecule has 0 aliphatic carbocycles. The Bertz CT molecular complexity index is 624. The van der Waals surface area contributed by atoms with E-state index in [1.807, 2.05) is 18.2 Å². The summed E-state index contributed by atoms with van der Waals surface area (Å²) in [5.74, 6) is 0. The Morgan fingerprint density at radius 1 is 1.00 bits per heavy atom. The van der Waals surface area contributed by atoms with Crippen molar-refractivity contribution in [2.24, 2.45) is 0 Å². The van der Waals surface area contributed by atoms with E-state index in [4.69, 9.17) is 0 Å². The van der Waals surface area contributed by atoms with Crippen LogP contribution >= 0.6 is 0 Å². The molecule has 1 fully saturated rings. The van der Waals surface area contributed by atoms with Gasteiger partial charge in [-0.1, -0.05) is 6.07 Å². The van der Waals surface area contributed by atoms with Gasteiger partial charge in [-0.2, -0.15) is 0 Å². The molecule has 2 aromatic rings. The lowest BCUT2D eigenvalue weighted by Crippen LogP contribution is -2.29. The topological polar surface area (TPSA) is 57.3 Å². The second-order valence-corrected chi connectivity index (χ2v) is 5.42. The minimum absolute atomic E-state index is 0.260. The molecule has 22 heavy (non-hydrogen) atoms. The molecular weight excluding hydrogens is 276 g/mol. The molecule has 0 bridgehead atoms. The van der Waals surface area contributed by atoms with E-state index < -0.39 is 0 Å². The van der Waals surface area contributed by atoms with Gasteiger partial charge >= 0.3 is 6.03 Å². The molecule has 5 heteroatoms. The molecule has 2 heterocycles. The molecule has 2 amide bonds. The summed E-state index contributed by atoms with van der Waals surface area (Å²) >= 11 is 0. The van der Waals surface area contributed by atoms with Gasteiger partial charge in [0.25, 0.3) is 0 Å². The van der Waals surface area contributed by atoms with E-state index in [0.717, 1.165) is 18.8 Å². The molecule has 0 radical (unpaired) electrons. The Kier molecular flexibility index (Phi) is 4.53. The van der Waals surface area contributed by atoms with Crippen LogP contribution in [-0.2, 0) is 0 Å². The average Bonchev–Trinajstić information content (AvgIpc) is 2.57. The van der Waals surface area contributed by atoms with Crippen LogP contribution in [0.15, 0.2) is 48.8 Å². The van der Waals surface area contributed by atoms with Crippen LogP contribution in [0.4, 0.5) is 21.9 Å². The molecule has 3 rings (SSSR count). The summed E-state index contributed by atoms with van der Waals surface area (Å²) in [7, 11) is 0. The molecular formula is C17H20N4O. The molecule has 0 spiro atoms. The third-order valence-corrected chi connectivity index (χ3v) is 3.74. The molecule has 1 aromatic heterocycles. The summed E-state index contributed by atoms with van der Waals surface area (Å²) in [4.78, 5) is 18.3. The van der Waals surface area contributed by atoms with Crippen LogP contribution in [0.5, 0.6) is 0 Å². The maximum atomic E-state index is 12.0. The number of hydrogen-bond donors (Lipinski definition) is 2. The van der Waals surface area contributed by atoms with E-state index in [1.54, 1.807) is 24.5 Å². The fourth-order valence-corrected chi connectivity index (χ4v) is 2.66. The van der Waals surface area contributed by atoms with Gasteiger partial charge < -0.3 is 15.5 Å². The minimum atomic E-state index is -0.260. The van der Waals surface area contributed by atoms with Gasteiger partial charge in [-0.15, -0.1) is 0 Å². The van der Waals surface area contributed by atoms with Crippen molar-refractivity contribution >= 4 is 23.1 Å². The van der Waals surface area contributed by atoms with Crippen molar-refractivity contribution in [3.63, 3.8) is 0 Å². The van der Waals surface area contributed by atoms with E-state index >= 15 is 0 Å². The zero-order valence-electron chi connectivity index (χ0n) is 12.5. The zero-order valence-corrected chi connectivity index (χ0v) is 12.5. The number of carbonyl (C=O) groups excluding carboxylic acids is 1. The first-order chi connectivity index (χ1) is 10.8. The third kappa shape index (κ3) is 3.75. The van der Waals surface area contributed by atoms with Crippen LogP contribution < -0.4 is 15.5 Å². The molecule has 1 aromatic carbocycles. The summed E-state index contributed by atoms with van der Waals surface area (Å²) in [6.07, 6.45) is 7.06. The van der Waals surface area contributed by atoms with Crippen LogP contribution in [0.2, 0.25) is 0 Å². The zero-order chi connectivity index (χ0) is 15.2. The van der Waals surface area contributed by atoms with Gasteiger partial charge in [-0.05, 0) is 49.6 Å². The van der Waals surface area contributed by atoms with E-state index in [9.17, 15) is 4.79 Å². The molecule has 0 unspecified atom stereocenters. The third-order valence-electron chi connectivity index (χ3n) is 3.74. The lowest BCUT2D eigenvalue weighted by molar-refractivity contribution is 0.262. The maximum absolute atomic E-state index is 12.0. The number of aromatic nitrogens is 1. The monoisotopic (exact) mass is 296 g/mol. The van der Waals surface area contributed by atoms with Crippen molar-refractivity contribution < 1.29 is 4.79 Å². The smallest absolute Gasteiger partial charge is 0.323 e. The van der Waals surface area contributed by atoms with Crippen LogP contribution in [0.1, 0.15) is 19.3 Å². The molecule has 1 saturated heterocycles. The van der Waals surface area contributed by atoms with Crippen molar-refractivity contribution in [1.82, 2.24) is 4.98 Å². The van der Waals surface area contributed by atoms with Crippen LogP contribution in [-0.4, -0.2) is 24.1 Å². The quantitative estimate of drug-likeness (QED) is 0.907. The first-order valence-corrected chi connectivity index (χ1v) is 7.64. The number of amides is 2. The van der Waals surface area contributed by atoms with E-state index in [0.29, 0.717) is 5.69 Å². The second-order valence-electron chi connectivity index (χ2n) is 5.42. The first kappa shape index (κ1) is 14.4. The standard InChI is InChI=1S/C17H20N4O/c22-17(20-15-7-5-9-18-13-15)19-14-6-4-8-16(12-14)21-10-2-1-3-11-21/h4-9,12-13H,1-3,10-11H2,(H2,19,20,22). The summed E-state index contributed by atoms with van der Waals surface area (Å²) in [5.41, 5.74) is 2.63. The number of piperidine rings is 1. The Morgan fingerprint density at radius 2 is 1.77 bits per heavy atom. The average molecular weight is 296 g/mol. The molecule has 2 N–H and O–H groups in total. The number of rotatable bonds is 3. The Labute approximate surface area is 130 Å². The number of carbonyl (C=O) groups is 1. The Balaban J connectivity index is 1.63. The highest BCUT2D eigenvalue weighted by Gasteiger charge is 2.11. The number of hydrogen-bond acceptors (Lipinski definition) is 3. The van der Waals surface area contributed by atoms with Crippen molar-refractivity contribution in [2.45, 2.75) is 19.3 Å². The van der Waals surface area contributed by atoms with Gasteiger partial charge in [0, 0.05) is 30.7 Å². The van der Waals surface area contributed by atoms with Crippen LogP contribution in [0.25, 0.3) is 0 Å². The van der Waals surface area contributed by atoms with E-state index in [-0.39, 0.29) is 6.03 Å². The number of nitrogens with one attached hydrogen (secondary N) is 2. The van der Waals surface area contributed by atoms with Crippen molar-refractivity contribution in [1.29, 1.82) is 0 Å². The molecule has 1 aliphatic rings. The van der Waals surface area contributed by atoms with Gasteiger partial charge in [-0.3, -0.25) is 4.98 Å². The Morgan fingerprint density at radius 3 is 2.55 bits per heavy atom. The highest BCUT2D eigenvalue weighted by Crippen LogP contribution is 2.23. The van der Waals surface area contributed by atoms with Gasteiger partial charge in [0.2, 0.25) is 0 Å². The van der Waals surface area contributed by atoms with E-state index in [1.165, 1.54) is 24.9 Å². The fraction of sp³-hybridized carbons (Fsp3) is 0.294. The number of anilines is 3. The van der Waals surface area contributed by atoms with Crippen LogP contribution in [0, 0.1) is 0 Å². The number of pyridine rings is 1. The maximum Gasteiger partial charge on any atom is 0.323 e. The predicted molar refractivity (Wildman–Crippen MR) is 89.4 cm³/mol. The highest BCUT2D eigenvalue weighted by atomic mass is 16.2. The summed E-state index contributed by atoms with van der Waals surface area (Å²) in [6, 6.07) is 11.3. The second kappa shape index (κ2) is 6.93. The minimum Gasteiger partial charge on any atom is -0.371 e. The molecule has 1 aliphatic heterocycles. The summed E-state index contributed by atoms with van der Waals surface area (Å²) in [6.45, 7) is 2.18. The normalized spacial score (nSPS) is 14.5. The van der Waals surface area contributed by atoms with Gasteiger partial charge in [0.15, 0.2) is 0 Å². The van der Waals surface area contributed by atoms with Gasteiger partial charge in [0.05, 0.1) is 11.9 Å². The summed E-state index contributed by atoms with van der Waals surface area (Å²) < 4.78 is 0. The van der Waals surface area contributed by atoms with Gasteiger partial charge in [0.1, 0.15) is 0 Å². The highest BCUT2D eigenvalue weighted by molar-refractivity contribution is 5.99. The summed E-state index contributed by atoms with van der Waals surface area (Å²) in [5, 5.41) is 5.63. The lowest BCUT2D eigenvalue weighted by Gasteiger charge is -2.29. The molecule has 0 saturated carbocycles.